The first-order valence-corrected chi connectivity index (χ1v) is 5.19. The third kappa shape index (κ3) is 3.22. The maximum atomic E-state index is 13.5. The number of halogens is 3. The van der Waals surface area contributed by atoms with E-state index in [0.29, 0.717) is 12.1 Å². The lowest BCUT2D eigenvalue weighted by atomic mass is 9.85. The van der Waals surface area contributed by atoms with Crippen LogP contribution in [0.25, 0.3) is 0 Å². The fraction of sp³-hybridized carbons (Fsp3) is 0.417. The van der Waals surface area contributed by atoms with Gasteiger partial charge in [-0.3, -0.25) is 4.79 Å². The molecule has 0 aliphatic carbocycles. The Morgan fingerprint density at radius 1 is 1.24 bits per heavy atom. The summed E-state index contributed by atoms with van der Waals surface area (Å²) in [6, 6.07) is 1.13. The number of carbonyl (C=O) groups is 1. The van der Waals surface area contributed by atoms with E-state index < -0.39 is 35.8 Å². The van der Waals surface area contributed by atoms with Crippen molar-refractivity contribution in [3.8, 4) is 0 Å². The molecule has 94 valence electrons. The second kappa shape index (κ2) is 5.21. The zero-order valence-electron chi connectivity index (χ0n) is 9.51. The van der Waals surface area contributed by atoms with Crippen LogP contribution in [-0.2, 0) is 4.79 Å². The summed E-state index contributed by atoms with van der Waals surface area (Å²) in [5.74, 6) is -5.31. The molecule has 0 fully saturated rings. The Morgan fingerprint density at radius 2 is 1.71 bits per heavy atom. The van der Waals surface area contributed by atoms with Crippen molar-refractivity contribution in [3.63, 3.8) is 0 Å². The van der Waals surface area contributed by atoms with Crippen LogP contribution >= 0.6 is 0 Å². The molecule has 0 bridgehead atoms. The average molecular weight is 246 g/mol. The van der Waals surface area contributed by atoms with Crippen molar-refractivity contribution in [3.05, 3.63) is 35.1 Å². The van der Waals surface area contributed by atoms with E-state index in [1.165, 1.54) is 0 Å². The van der Waals surface area contributed by atoms with E-state index >= 15 is 0 Å². The van der Waals surface area contributed by atoms with Gasteiger partial charge in [0.05, 0.1) is 6.42 Å². The molecule has 0 aliphatic heterocycles. The molecule has 0 heterocycles. The van der Waals surface area contributed by atoms with Crippen molar-refractivity contribution in [1.82, 2.24) is 0 Å². The molecular formula is C12H13F3O2. The predicted molar refractivity (Wildman–Crippen MR) is 56.1 cm³/mol. The van der Waals surface area contributed by atoms with Crippen molar-refractivity contribution in [2.75, 3.05) is 0 Å². The van der Waals surface area contributed by atoms with Crippen LogP contribution in [0.1, 0.15) is 31.7 Å². The normalized spacial score (nSPS) is 12.8. The molecule has 1 aromatic rings. The van der Waals surface area contributed by atoms with E-state index in [1.54, 1.807) is 13.8 Å². The van der Waals surface area contributed by atoms with Gasteiger partial charge in [-0.1, -0.05) is 13.8 Å². The smallest absolute Gasteiger partial charge is 0.303 e. The van der Waals surface area contributed by atoms with Gasteiger partial charge in [0.25, 0.3) is 0 Å². The van der Waals surface area contributed by atoms with Gasteiger partial charge >= 0.3 is 5.97 Å². The summed E-state index contributed by atoms with van der Waals surface area (Å²) in [7, 11) is 0. The first-order chi connectivity index (χ1) is 7.82. The van der Waals surface area contributed by atoms with Crippen molar-refractivity contribution >= 4 is 5.97 Å². The molecular weight excluding hydrogens is 233 g/mol. The minimum Gasteiger partial charge on any atom is -0.481 e. The fourth-order valence-electron chi connectivity index (χ4n) is 1.77. The summed E-state index contributed by atoms with van der Waals surface area (Å²) < 4.78 is 39.7. The molecule has 17 heavy (non-hydrogen) atoms. The Balaban J connectivity index is 3.23. The lowest BCUT2D eigenvalue weighted by molar-refractivity contribution is -0.137. The van der Waals surface area contributed by atoms with Gasteiger partial charge in [-0.15, -0.1) is 0 Å². The quantitative estimate of drug-likeness (QED) is 0.884. The highest BCUT2D eigenvalue weighted by Crippen LogP contribution is 2.32. The van der Waals surface area contributed by atoms with Gasteiger partial charge in [-0.2, -0.15) is 0 Å². The lowest BCUT2D eigenvalue weighted by Crippen LogP contribution is -2.15. The molecule has 1 atom stereocenters. The summed E-state index contributed by atoms with van der Waals surface area (Å²) >= 11 is 0. The van der Waals surface area contributed by atoms with E-state index in [0.717, 1.165) is 0 Å². The van der Waals surface area contributed by atoms with Crippen LogP contribution in [0.4, 0.5) is 13.2 Å². The van der Waals surface area contributed by atoms with E-state index in [4.69, 9.17) is 5.11 Å². The molecule has 0 spiro atoms. The standard InChI is InChI=1S/C12H13F3O2/c1-6(2)8(5-11(16)17)12-9(14)3-7(13)4-10(12)15/h3-4,6,8H,5H2,1-2H3,(H,16,17)/t8-/m0/s1. The number of hydrogen-bond donors (Lipinski definition) is 1. The Kier molecular flexibility index (Phi) is 4.15. The molecule has 0 saturated heterocycles. The van der Waals surface area contributed by atoms with E-state index in [1.807, 2.05) is 0 Å². The summed E-state index contributed by atoms with van der Waals surface area (Å²) in [4.78, 5) is 10.7. The number of aliphatic carboxylic acids is 1. The van der Waals surface area contributed by atoms with Crippen LogP contribution in [0.3, 0.4) is 0 Å². The number of hydrogen-bond acceptors (Lipinski definition) is 1. The topological polar surface area (TPSA) is 37.3 Å². The molecule has 0 saturated carbocycles. The Bertz CT molecular complexity index is 407. The van der Waals surface area contributed by atoms with E-state index in [9.17, 15) is 18.0 Å². The number of carboxylic acid groups (broad SMARTS) is 1. The molecule has 0 aromatic heterocycles. The van der Waals surface area contributed by atoms with Gasteiger partial charge < -0.3 is 5.11 Å². The first-order valence-electron chi connectivity index (χ1n) is 5.19. The van der Waals surface area contributed by atoms with Crippen LogP contribution in [0, 0.1) is 23.4 Å². The number of benzene rings is 1. The highest BCUT2D eigenvalue weighted by molar-refractivity contribution is 5.68. The van der Waals surface area contributed by atoms with Crippen molar-refractivity contribution in [2.45, 2.75) is 26.2 Å². The minimum absolute atomic E-state index is 0.263. The van der Waals surface area contributed by atoms with Gasteiger partial charge in [0.15, 0.2) is 0 Å². The van der Waals surface area contributed by atoms with Crippen molar-refractivity contribution < 1.29 is 23.1 Å². The highest BCUT2D eigenvalue weighted by atomic mass is 19.1. The third-order valence-electron chi connectivity index (χ3n) is 2.61. The van der Waals surface area contributed by atoms with Gasteiger partial charge in [0, 0.05) is 23.6 Å². The van der Waals surface area contributed by atoms with Crippen molar-refractivity contribution in [1.29, 1.82) is 0 Å². The summed E-state index contributed by atoms with van der Waals surface area (Å²) in [5.41, 5.74) is -0.358. The zero-order chi connectivity index (χ0) is 13.2. The average Bonchev–Trinajstić information content (AvgIpc) is 2.13. The molecule has 0 radical (unpaired) electrons. The van der Waals surface area contributed by atoms with Crippen LogP contribution in [-0.4, -0.2) is 11.1 Å². The van der Waals surface area contributed by atoms with Crippen molar-refractivity contribution in [2.24, 2.45) is 5.92 Å². The minimum atomic E-state index is -1.15. The molecule has 5 heteroatoms. The van der Waals surface area contributed by atoms with Gasteiger partial charge in [0.1, 0.15) is 17.5 Å². The summed E-state index contributed by atoms with van der Waals surface area (Å²) in [5, 5.41) is 8.71. The molecule has 2 nitrogen and oxygen atoms in total. The van der Waals surface area contributed by atoms with Crippen LogP contribution < -0.4 is 0 Å². The maximum Gasteiger partial charge on any atom is 0.303 e. The summed E-state index contributed by atoms with van der Waals surface area (Å²) in [6.45, 7) is 3.33. The largest absolute Gasteiger partial charge is 0.481 e. The van der Waals surface area contributed by atoms with Gasteiger partial charge in [0.2, 0.25) is 0 Å². The lowest BCUT2D eigenvalue weighted by Gasteiger charge is -2.20. The maximum absolute atomic E-state index is 13.5. The molecule has 0 amide bonds. The molecule has 0 aliphatic rings. The SMILES string of the molecule is CC(C)[C@H](CC(=O)O)c1c(F)cc(F)cc1F. The van der Waals surface area contributed by atoms with Crippen LogP contribution in [0.2, 0.25) is 0 Å². The number of rotatable bonds is 4. The second-order valence-electron chi connectivity index (χ2n) is 4.23. The molecule has 0 unspecified atom stereocenters. The van der Waals surface area contributed by atoms with Gasteiger partial charge in [-0.25, -0.2) is 13.2 Å². The first kappa shape index (κ1) is 13.5. The van der Waals surface area contributed by atoms with E-state index in [-0.39, 0.29) is 11.5 Å². The fourth-order valence-corrected chi connectivity index (χ4v) is 1.77. The predicted octanol–water partition coefficient (Wildman–Crippen LogP) is 3.32. The van der Waals surface area contributed by atoms with Gasteiger partial charge in [-0.05, 0) is 5.92 Å². The van der Waals surface area contributed by atoms with Crippen LogP contribution in [0.5, 0.6) is 0 Å². The highest BCUT2D eigenvalue weighted by Gasteiger charge is 2.26. The molecule has 1 aromatic carbocycles. The van der Waals surface area contributed by atoms with E-state index in [2.05, 4.69) is 0 Å². The summed E-state index contributed by atoms with van der Waals surface area (Å²) in [6.07, 6.45) is -0.392. The van der Waals surface area contributed by atoms with Crippen LogP contribution in [0.15, 0.2) is 12.1 Å². The Hall–Kier alpha value is -1.52. The zero-order valence-corrected chi connectivity index (χ0v) is 9.51. The number of carboxylic acids is 1. The monoisotopic (exact) mass is 246 g/mol. The Morgan fingerprint density at radius 3 is 2.06 bits per heavy atom. The Labute approximate surface area is 97.1 Å². The molecule has 1 N–H and O–H groups in total. The molecule has 1 rings (SSSR count). The second-order valence-corrected chi connectivity index (χ2v) is 4.23. The third-order valence-corrected chi connectivity index (χ3v) is 2.61.